The highest BCUT2D eigenvalue weighted by Crippen LogP contribution is 2.28. The number of carbonyl (C=O) groups excluding carboxylic acids is 1. The third-order valence-electron chi connectivity index (χ3n) is 4.26. The predicted molar refractivity (Wildman–Crippen MR) is 101 cm³/mol. The molecule has 0 unspecified atom stereocenters. The zero-order chi connectivity index (χ0) is 17.1. The monoisotopic (exact) mass is 354 g/mol. The number of amides is 1. The Bertz CT molecular complexity index is 525. The molecule has 0 bridgehead atoms. The lowest BCUT2D eigenvalue weighted by Gasteiger charge is -2.46. The van der Waals surface area contributed by atoms with Crippen molar-refractivity contribution < 1.29 is 9.53 Å². The van der Waals surface area contributed by atoms with E-state index in [0.29, 0.717) is 0 Å². The first-order chi connectivity index (χ1) is 10.7. The van der Waals surface area contributed by atoms with Gasteiger partial charge in [0, 0.05) is 17.1 Å². The fraction of sp³-hybridized carbons (Fsp3) is 0.632. The van der Waals surface area contributed by atoms with Gasteiger partial charge < -0.3 is 15.4 Å². The molecule has 24 heavy (non-hydrogen) atoms. The number of aryl methyl sites for hydroxylation is 1. The number of benzene rings is 1. The van der Waals surface area contributed by atoms with Gasteiger partial charge in [0.2, 0.25) is 0 Å². The summed E-state index contributed by atoms with van der Waals surface area (Å²) in [5.74, 6) is 0.686. The fourth-order valence-electron chi connectivity index (χ4n) is 3.66. The Kier molecular flexibility index (Phi) is 7.11. The predicted octanol–water partition coefficient (Wildman–Crippen LogP) is 3.48. The van der Waals surface area contributed by atoms with Crippen LogP contribution in [-0.2, 0) is 11.2 Å². The van der Waals surface area contributed by atoms with Crippen molar-refractivity contribution in [2.75, 3.05) is 6.61 Å². The van der Waals surface area contributed by atoms with Crippen LogP contribution in [0, 0.1) is 0 Å². The van der Waals surface area contributed by atoms with Crippen LogP contribution < -0.4 is 15.4 Å². The van der Waals surface area contributed by atoms with E-state index in [1.165, 1.54) is 5.56 Å². The Morgan fingerprint density at radius 2 is 1.71 bits per heavy atom. The average molecular weight is 355 g/mol. The number of hydrogen-bond acceptors (Lipinski definition) is 3. The Morgan fingerprint density at radius 3 is 2.21 bits per heavy atom. The van der Waals surface area contributed by atoms with Crippen molar-refractivity contribution in [3.05, 3.63) is 29.8 Å². The van der Waals surface area contributed by atoms with Gasteiger partial charge in [-0.3, -0.25) is 4.79 Å². The number of nitrogens with one attached hydrogen (secondary N) is 2. The molecular formula is C19H31ClN2O2. The molecule has 1 aromatic rings. The lowest BCUT2D eigenvalue weighted by Crippen LogP contribution is -2.62. The number of rotatable bonds is 5. The SMILES string of the molecule is CCc1ccc(OCC(=O)NC2CC(C)(C)NC(C)(C)C2)cc1.Cl. The first-order valence-electron chi connectivity index (χ1n) is 8.49. The van der Waals surface area contributed by atoms with Crippen molar-refractivity contribution in [2.45, 2.75) is 71.0 Å². The topological polar surface area (TPSA) is 50.4 Å². The van der Waals surface area contributed by atoms with Crippen molar-refractivity contribution in [1.82, 2.24) is 10.6 Å². The zero-order valence-corrected chi connectivity index (χ0v) is 16.3. The number of carbonyl (C=O) groups is 1. The van der Waals surface area contributed by atoms with Gasteiger partial charge in [-0.05, 0) is 64.7 Å². The van der Waals surface area contributed by atoms with Crippen LogP contribution in [-0.4, -0.2) is 29.6 Å². The highest BCUT2D eigenvalue weighted by atomic mass is 35.5. The normalized spacial score (nSPS) is 19.2. The molecule has 1 aliphatic heterocycles. The minimum Gasteiger partial charge on any atom is -0.484 e. The van der Waals surface area contributed by atoms with Crippen LogP contribution in [0.2, 0.25) is 0 Å². The van der Waals surface area contributed by atoms with E-state index in [1.54, 1.807) is 0 Å². The van der Waals surface area contributed by atoms with Crippen molar-refractivity contribution in [3.63, 3.8) is 0 Å². The summed E-state index contributed by atoms with van der Waals surface area (Å²) >= 11 is 0. The molecule has 0 spiro atoms. The molecule has 0 aliphatic carbocycles. The zero-order valence-electron chi connectivity index (χ0n) is 15.4. The van der Waals surface area contributed by atoms with E-state index in [0.717, 1.165) is 25.0 Å². The maximum absolute atomic E-state index is 12.2. The number of ether oxygens (including phenoxy) is 1. The molecule has 1 amide bonds. The van der Waals surface area contributed by atoms with Gasteiger partial charge in [-0.15, -0.1) is 12.4 Å². The molecule has 1 heterocycles. The molecule has 136 valence electrons. The van der Waals surface area contributed by atoms with E-state index in [1.807, 2.05) is 24.3 Å². The first kappa shape index (κ1) is 20.8. The minimum atomic E-state index is -0.0527. The van der Waals surface area contributed by atoms with Gasteiger partial charge >= 0.3 is 0 Å². The summed E-state index contributed by atoms with van der Waals surface area (Å²) in [6.07, 6.45) is 2.85. The summed E-state index contributed by atoms with van der Waals surface area (Å²) in [6, 6.07) is 8.09. The van der Waals surface area contributed by atoms with Gasteiger partial charge in [-0.2, -0.15) is 0 Å². The van der Waals surface area contributed by atoms with Gasteiger partial charge in [0.15, 0.2) is 6.61 Å². The molecule has 2 rings (SSSR count). The van der Waals surface area contributed by atoms with Crippen LogP contribution in [0.15, 0.2) is 24.3 Å². The van der Waals surface area contributed by atoms with E-state index in [-0.39, 0.29) is 42.0 Å². The van der Waals surface area contributed by atoms with Crippen LogP contribution in [0.4, 0.5) is 0 Å². The second-order valence-electron chi connectivity index (χ2n) is 7.85. The molecule has 0 atom stereocenters. The summed E-state index contributed by atoms with van der Waals surface area (Å²) in [6.45, 7) is 10.9. The molecule has 1 fully saturated rings. The highest BCUT2D eigenvalue weighted by molar-refractivity contribution is 5.85. The maximum Gasteiger partial charge on any atom is 0.258 e. The molecule has 0 aromatic heterocycles. The van der Waals surface area contributed by atoms with Crippen molar-refractivity contribution in [1.29, 1.82) is 0 Å². The van der Waals surface area contributed by atoms with E-state index in [4.69, 9.17) is 4.74 Å². The Balaban J connectivity index is 0.00000288. The molecule has 2 N–H and O–H groups in total. The molecule has 0 radical (unpaired) electrons. The lowest BCUT2D eigenvalue weighted by molar-refractivity contribution is -0.124. The molecule has 1 aliphatic rings. The fourth-order valence-corrected chi connectivity index (χ4v) is 3.66. The summed E-state index contributed by atoms with van der Waals surface area (Å²) in [4.78, 5) is 12.2. The molecule has 4 nitrogen and oxygen atoms in total. The number of hydrogen-bond donors (Lipinski definition) is 2. The van der Waals surface area contributed by atoms with E-state index < -0.39 is 0 Å². The van der Waals surface area contributed by atoms with Gasteiger partial charge in [-0.1, -0.05) is 19.1 Å². The molecule has 5 heteroatoms. The van der Waals surface area contributed by atoms with Crippen molar-refractivity contribution in [2.24, 2.45) is 0 Å². The minimum absolute atomic E-state index is 0. The average Bonchev–Trinajstić information content (AvgIpc) is 2.42. The summed E-state index contributed by atoms with van der Waals surface area (Å²) in [7, 11) is 0. The quantitative estimate of drug-likeness (QED) is 0.851. The van der Waals surface area contributed by atoms with Gasteiger partial charge in [-0.25, -0.2) is 0 Å². The summed E-state index contributed by atoms with van der Waals surface area (Å²) in [5.41, 5.74) is 1.31. The second-order valence-corrected chi connectivity index (χ2v) is 7.85. The second kappa shape index (κ2) is 8.21. The van der Waals surface area contributed by atoms with Crippen LogP contribution >= 0.6 is 12.4 Å². The molecule has 0 saturated carbocycles. The molecule has 1 aromatic carbocycles. The largest absolute Gasteiger partial charge is 0.484 e. The molecular weight excluding hydrogens is 324 g/mol. The number of piperidine rings is 1. The van der Waals surface area contributed by atoms with Crippen LogP contribution in [0.3, 0.4) is 0 Å². The highest BCUT2D eigenvalue weighted by Gasteiger charge is 2.38. The van der Waals surface area contributed by atoms with Crippen molar-refractivity contribution >= 4 is 18.3 Å². The summed E-state index contributed by atoms with van der Waals surface area (Å²) in [5, 5.41) is 6.74. The third-order valence-corrected chi connectivity index (χ3v) is 4.26. The van der Waals surface area contributed by atoms with Crippen molar-refractivity contribution in [3.8, 4) is 5.75 Å². The van der Waals surface area contributed by atoms with E-state index >= 15 is 0 Å². The maximum atomic E-state index is 12.2. The molecule has 1 saturated heterocycles. The van der Waals surface area contributed by atoms with Crippen LogP contribution in [0.25, 0.3) is 0 Å². The van der Waals surface area contributed by atoms with Gasteiger partial charge in [0.1, 0.15) is 5.75 Å². The van der Waals surface area contributed by atoms with Gasteiger partial charge in [0.25, 0.3) is 5.91 Å². The summed E-state index contributed by atoms with van der Waals surface area (Å²) < 4.78 is 5.59. The smallest absolute Gasteiger partial charge is 0.258 e. The van der Waals surface area contributed by atoms with Gasteiger partial charge in [0.05, 0.1) is 0 Å². The van der Waals surface area contributed by atoms with Crippen LogP contribution in [0.1, 0.15) is 53.0 Å². The Hall–Kier alpha value is -1.26. The van der Waals surface area contributed by atoms with E-state index in [9.17, 15) is 4.79 Å². The standard InChI is InChI=1S/C19H30N2O2.ClH/c1-6-14-7-9-16(10-8-14)23-13-17(22)20-15-11-18(2,3)21-19(4,5)12-15;/h7-10,15,21H,6,11-13H2,1-5H3,(H,20,22);1H. The number of halogens is 1. The lowest BCUT2D eigenvalue weighted by atomic mass is 9.79. The van der Waals surface area contributed by atoms with Crippen LogP contribution in [0.5, 0.6) is 5.75 Å². The third kappa shape index (κ3) is 6.33. The first-order valence-corrected chi connectivity index (χ1v) is 8.49. The Labute approximate surface area is 152 Å². The Morgan fingerprint density at radius 1 is 1.17 bits per heavy atom. The van der Waals surface area contributed by atoms with E-state index in [2.05, 4.69) is 45.3 Å².